The lowest BCUT2D eigenvalue weighted by molar-refractivity contribution is -0.117. The van der Waals surface area contributed by atoms with Crippen LogP contribution in [0.5, 0.6) is 5.75 Å². The molecule has 0 atom stereocenters. The topological polar surface area (TPSA) is 99.0 Å². The summed E-state index contributed by atoms with van der Waals surface area (Å²) in [7, 11) is 1.64. The lowest BCUT2D eigenvalue weighted by atomic mass is 10.1. The van der Waals surface area contributed by atoms with Crippen LogP contribution >= 0.6 is 11.3 Å². The zero-order valence-electron chi connectivity index (χ0n) is 16.2. The maximum atomic E-state index is 12.5. The average molecular weight is 421 g/mol. The van der Waals surface area contributed by atoms with Gasteiger partial charge < -0.3 is 4.74 Å². The molecule has 0 aliphatic rings. The van der Waals surface area contributed by atoms with E-state index in [1.807, 2.05) is 36.4 Å². The van der Waals surface area contributed by atoms with Crippen LogP contribution < -0.4 is 15.6 Å². The first kappa shape index (κ1) is 19.7. The van der Waals surface area contributed by atoms with Gasteiger partial charge in [0.25, 0.3) is 5.56 Å². The number of hydrogen-bond acceptors (Lipinski definition) is 7. The van der Waals surface area contributed by atoms with Crippen LogP contribution in [0.1, 0.15) is 10.6 Å². The van der Waals surface area contributed by atoms with Crippen molar-refractivity contribution in [2.45, 2.75) is 19.4 Å². The Hall–Kier alpha value is -3.59. The molecule has 4 aromatic rings. The highest BCUT2D eigenvalue weighted by Gasteiger charge is 2.12. The molecule has 30 heavy (non-hydrogen) atoms. The molecule has 9 heteroatoms. The summed E-state index contributed by atoms with van der Waals surface area (Å²) in [5.74, 6) is 0.436. The number of aryl methyl sites for hydroxylation is 2. The van der Waals surface area contributed by atoms with Crippen molar-refractivity contribution in [3.05, 3.63) is 75.7 Å². The van der Waals surface area contributed by atoms with Gasteiger partial charge in [-0.3, -0.25) is 14.9 Å². The predicted octanol–water partition coefficient (Wildman–Crippen LogP) is 2.68. The molecule has 2 aromatic heterocycles. The number of amides is 1. The van der Waals surface area contributed by atoms with Gasteiger partial charge in [-0.25, -0.2) is 4.68 Å². The van der Waals surface area contributed by atoms with Crippen molar-refractivity contribution in [2.75, 3.05) is 12.4 Å². The molecule has 0 bridgehead atoms. The highest BCUT2D eigenvalue weighted by Crippen LogP contribution is 2.19. The average Bonchev–Trinajstić information content (AvgIpc) is 3.21. The highest BCUT2D eigenvalue weighted by molar-refractivity contribution is 7.15. The number of nitrogens with one attached hydrogen (secondary N) is 1. The maximum Gasteiger partial charge on any atom is 0.275 e. The second-order valence-corrected chi connectivity index (χ2v) is 7.66. The molecule has 0 radical (unpaired) electrons. The lowest BCUT2D eigenvalue weighted by Gasteiger charge is -2.05. The molecule has 0 unspecified atom stereocenters. The first-order valence-corrected chi connectivity index (χ1v) is 10.1. The Morgan fingerprint density at radius 2 is 2.00 bits per heavy atom. The monoisotopic (exact) mass is 421 g/mol. The van der Waals surface area contributed by atoms with E-state index in [9.17, 15) is 9.59 Å². The molecular weight excluding hydrogens is 402 g/mol. The largest absolute Gasteiger partial charge is 0.497 e. The summed E-state index contributed by atoms with van der Waals surface area (Å²) in [6, 6.07) is 15.0. The second kappa shape index (κ2) is 8.83. The summed E-state index contributed by atoms with van der Waals surface area (Å²) < 4.78 is 6.37. The third-order valence-corrected chi connectivity index (χ3v) is 5.43. The third kappa shape index (κ3) is 4.52. The number of nitrogens with zero attached hydrogens (tertiary/aromatic N) is 4. The van der Waals surface area contributed by atoms with Crippen molar-refractivity contribution in [3.63, 3.8) is 0 Å². The molecule has 0 saturated heterocycles. The zero-order chi connectivity index (χ0) is 20.9. The number of carbonyl (C=O) groups is 1. The minimum absolute atomic E-state index is 0.192. The zero-order valence-corrected chi connectivity index (χ0v) is 17.1. The van der Waals surface area contributed by atoms with Crippen LogP contribution in [0.3, 0.4) is 0 Å². The smallest absolute Gasteiger partial charge is 0.275 e. The van der Waals surface area contributed by atoms with Gasteiger partial charge in [-0.15, -0.1) is 10.2 Å². The van der Waals surface area contributed by atoms with Crippen molar-refractivity contribution in [1.29, 1.82) is 0 Å². The van der Waals surface area contributed by atoms with Gasteiger partial charge in [0.15, 0.2) is 0 Å². The molecule has 0 fully saturated rings. The predicted molar refractivity (Wildman–Crippen MR) is 115 cm³/mol. The molecule has 152 valence electrons. The van der Waals surface area contributed by atoms with E-state index in [4.69, 9.17) is 4.74 Å². The van der Waals surface area contributed by atoms with Crippen LogP contribution in [0.25, 0.3) is 10.8 Å². The summed E-state index contributed by atoms with van der Waals surface area (Å²) >= 11 is 1.31. The summed E-state index contributed by atoms with van der Waals surface area (Å²) in [5, 5.41) is 17.4. The van der Waals surface area contributed by atoms with Gasteiger partial charge in [0.05, 0.1) is 18.7 Å². The fourth-order valence-corrected chi connectivity index (χ4v) is 3.78. The van der Waals surface area contributed by atoms with Crippen molar-refractivity contribution in [2.24, 2.45) is 0 Å². The van der Waals surface area contributed by atoms with E-state index < -0.39 is 0 Å². The van der Waals surface area contributed by atoms with E-state index in [-0.39, 0.29) is 18.0 Å². The van der Waals surface area contributed by atoms with Gasteiger partial charge in [0.1, 0.15) is 17.3 Å². The van der Waals surface area contributed by atoms with Crippen LogP contribution in [-0.4, -0.2) is 33.0 Å². The number of anilines is 1. The number of fused-ring (bicyclic) bond motifs is 1. The number of hydrogen-bond donors (Lipinski definition) is 1. The molecule has 0 spiro atoms. The van der Waals surface area contributed by atoms with E-state index in [1.165, 1.54) is 11.3 Å². The molecule has 1 N–H and O–H groups in total. The minimum atomic E-state index is -0.379. The van der Waals surface area contributed by atoms with Crippen LogP contribution in [0, 0.1) is 0 Å². The number of benzene rings is 2. The summed E-state index contributed by atoms with van der Waals surface area (Å²) in [6.45, 7) is -0.192. The number of rotatable bonds is 7. The first-order chi connectivity index (χ1) is 14.6. The van der Waals surface area contributed by atoms with Gasteiger partial charge in [0, 0.05) is 11.8 Å². The van der Waals surface area contributed by atoms with Gasteiger partial charge in [-0.05, 0) is 30.2 Å². The quantitative estimate of drug-likeness (QED) is 0.493. The standard InChI is InChI=1S/C21H19N5O3S/c1-29-16-7-4-5-14(11-16)9-10-19-24-25-21(30-19)23-18(27)13-26-20(28)17-8-3-2-6-15(17)12-22-26/h2-8,11-12H,9-10,13H2,1H3,(H,23,25,27). The molecule has 0 aliphatic heterocycles. The Morgan fingerprint density at radius 3 is 2.87 bits per heavy atom. The molecule has 2 heterocycles. The van der Waals surface area contributed by atoms with E-state index in [0.29, 0.717) is 16.9 Å². The molecule has 1 amide bonds. The van der Waals surface area contributed by atoms with Crippen molar-refractivity contribution in [1.82, 2.24) is 20.0 Å². The van der Waals surface area contributed by atoms with E-state index >= 15 is 0 Å². The van der Waals surface area contributed by atoms with Gasteiger partial charge in [0.2, 0.25) is 11.0 Å². The molecule has 8 nitrogen and oxygen atoms in total. The van der Waals surface area contributed by atoms with Gasteiger partial charge in [-0.2, -0.15) is 5.10 Å². The number of ether oxygens (including phenoxy) is 1. The van der Waals surface area contributed by atoms with Crippen molar-refractivity contribution < 1.29 is 9.53 Å². The van der Waals surface area contributed by atoms with E-state index in [1.54, 1.807) is 25.4 Å². The van der Waals surface area contributed by atoms with Gasteiger partial charge >= 0.3 is 0 Å². The van der Waals surface area contributed by atoms with E-state index in [0.717, 1.165) is 32.8 Å². The number of aromatic nitrogens is 4. The van der Waals surface area contributed by atoms with Crippen LogP contribution in [-0.2, 0) is 24.2 Å². The maximum absolute atomic E-state index is 12.5. The second-order valence-electron chi connectivity index (χ2n) is 6.60. The molecular formula is C21H19N5O3S. The Balaban J connectivity index is 1.37. The minimum Gasteiger partial charge on any atom is -0.497 e. The SMILES string of the molecule is COc1cccc(CCc2nnc(NC(=O)Cn3ncc4ccccc4c3=O)s2)c1. The molecule has 0 aliphatic carbocycles. The van der Waals surface area contributed by atoms with Crippen molar-refractivity contribution >= 4 is 33.1 Å². The Bertz CT molecular complexity index is 1250. The third-order valence-electron chi connectivity index (χ3n) is 4.53. The number of carbonyl (C=O) groups excluding carboxylic acids is 1. The molecule has 2 aromatic carbocycles. The number of methoxy groups -OCH3 is 1. The summed E-state index contributed by atoms with van der Waals surface area (Å²) in [4.78, 5) is 24.8. The van der Waals surface area contributed by atoms with Crippen molar-refractivity contribution in [3.8, 4) is 5.75 Å². The Labute approximate surface area is 176 Å². The van der Waals surface area contributed by atoms with E-state index in [2.05, 4.69) is 20.6 Å². The first-order valence-electron chi connectivity index (χ1n) is 9.32. The summed E-state index contributed by atoms with van der Waals surface area (Å²) in [5.41, 5.74) is 0.830. The lowest BCUT2D eigenvalue weighted by Crippen LogP contribution is -2.29. The fourth-order valence-electron chi connectivity index (χ4n) is 3.02. The van der Waals surface area contributed by atoms with Crippen LogP contribution in [0.2, 0.25) is 0 Å². The van der Waals surface area contributed by atoms with Crippen LogP contribution in [0.15, 0.2) is 59.5 Å². The van der Waals surface area contributed by atoms with Gasteiger partial charge in [-0.1, -0.05) is 41.7 Å². The Kier molecular flexibility index (Phi) is 5.80. The molecule has 0 saturated carbocycles. The normalized spacial score (nSPS) is 10.8. The Morgan fingerprint density at radius 1 is 1.13 bits per heavy atom. The molecule has 4 rings (SSSR count). The van der Waals surface area contributed by atoms with Crippen LogP contribution in [0.4, 0.5) is 5.13 Å². The summed E-state index contributed by atoms with van der Waals surface area (Å²) in [6.07, 6.45) is 3.06. The highest BCUT2D eigenvalue weighted by atomic mass is 32.1. The fraction of sp³-hybridized carbons (Fsp3) is 0.190.